The molecule has 0 N–H and O–H groups in total. The van der Waals surface area contributed by atoms with Gasteiger partial charge in [0, 0.05) is 6.61 Å². The van der Waals surface area contributed by atoms with E-state index in [0.717, 1.165) is 6.42 Å². The number of Topliss-reactive ketones (excluding diaryl/α,β-unsaturated/α-hetero) is 1. The third kappa shape index (κ3) is 3.48. The van der Waals surface area contributed by atoms with Crippen molar-refractivity contribution in [3.63, 3.8) is 0 Å². The van der Waals surface area contributed by atoms with Gasteiger partial charge in [-0.2, -0.15) is 0 Å². The van der Waals surface area contributed by atoms with Crippen molar-refractivity contribution in [2.45, 2.75) is 26.4 Å². The van der Waals surface area contributed by atoms with Crippen LogP contribution in [0, 0.1) is 0 Å². The minimum atomic E-state index is -0.849. The first-order valence-corrected chi connectivity index (χ1v) is 3.87. The minimum Gasteiger partial charge on any atom is -0.463 e. The van der Waals surface area contributed by atoms with Crippen molar-refractivity contribution in [3.05, 3.63) is 0 Å². The Morgan fingerprint density at radius 3 is 2.42 bits per heavy atom. The molecule has 1 atom stereocenters. The number of hydrogen-bond donors (Lipinski definition) is 0. The molecule has 12 heavy (non-hydrogen) atoms. The maximum absolute atomic E-state index is 11.0. The zero-order chi connectivity index (χ0) is 9.56. The summed E-state index contributed by atoms with van der Waals surface area (Å²) in [6, 6.07) is 0. The lowest BCUT2D eigenvalue weighted by Crippen LogP contribution is -2.29. The molecular formula is C8H14O4. The van der Waals surface area contributed by atoms with Crippen LogP contribution in [0.1, 0.15) is 20.3 Å². The average molecular weight is 174 g/mol. The Balaban J connectivity index is 3.84. The number of esters is 1. The van der Waals surface area contributed by atoms with Crippen LogP contribution in [0.25, 0.3) is 0 Å². The highest BCUT2D eigenvalue weighted by molar-refractivity contribution is 6.35. The lowest BCUT2D eigenvalue weighted by molar-refractivity contribution is -0.156. The van der Waals surface area contributed by atoms with E-state index in [1.165, 1.54) is 14.0 Å². The summed E-state index contributed by atoms with van der Waals surface area (Å²) in [4.78, 5) is 21.6. The van der Waals surface area contributed by atoms with Gasteiger partial charge in [-0.25, -0.2) is 4.79 Å². The minimum absolute atomic E-state index is 0.476. The summed E-state index contributed by atoms with van der Waals surface area (Å²) >= 11 is 0. The molecule has 0 aromatic heterocycles. The lowest BCUT2D eigenvalue weighted by Gasteiger charge is -2.08. The summed E-state index contributed by atoms with van der Waals surface area (Å²) in [7, 11) is 1.17. The van der Waals surface area contributed by atoms with Gasteiger partial charge < -0.3 is 9.47 Å². The predicted octanol–water partition coefficient (Wildman–Crippen LogP) is 0.544. The van der Waals surface area contributed by atoms with E-state index >= 15 is 0 Å². The molecule has 0 saturated carbocycles. The molecule has 70 valence electrons. The van der Waals surface area contributed by atoms with Crippen molar-refractivity contribution >= 4 is 11.8 Å². The number of carbonyl (C=O) groups excluding carboxylic acids is 2. The zero-order valence-corrected chi connectivity index (χ0v) is 7.62. The molecule has 0 fully saturated rings. The van der Waals surface area contributed by atoms with Crippen molar-refractivity contribution in [1.82, 2.24) is 0 Å². The van der Waals surface area contributed by atoms with Crippen LogP contribution in [0.4, 0.5) is 0 Å². The standard InChI is InChI=1S/C8H14O4/c1-4-5-12-6(2)7(9)8(10)11-3/h6H,4-5H2,1-3H3. The second kappa shape index (κ2) is 5.71. The van der Waals surface area contributed by atoms with E-state index in [4.69, 9.17) is 4.74 Å². The van der Waals surface area contributed by atoms with E-state index in [1.807, 2.05) is 6.92 Å². The molecule has 0 amide bonds. The Morgan fingerprint density at radius 1 is 1.42 bits per heavy atom. The Bertz CT molecular complexity index is 164. The molecule has 1 unspecified atom stereocenters. The smallest absolute Gasteiger partial charge is 0.377 e. The van der Waals surface area contributed by atoms with Crippen LogP contribution in [0.2, 0.25) is 0 Å². The molecule has 4 heteroatoms. The second-order valence-corrected chi connectivity index (χ2v) is 2.37. The molecule has 0 bridgehead atoms. The Kier molecular flexibility index (Phi) is 5.28. The molecule has 0 aliphatic rings. The quantitative estimate of drug-likeness (QED) is 0.451. The van der Waals surface area contributed by atoms with Crippen LogP contribution < -0.4 is 0 Å². The van der Waals surface area contributed by atoms with E-state index in [-0.39, 0.29) is 0 Å². The summed E-state index contributed by atoms with van der Waals surface area (Å²) < 4.78 is 9.27. The van der Waals surface area contributed by atoms with Crippen LogP contribution >= 0.6 is 0 Å². The van der Waals surface area contributed by atoms with Crippen molar-refractivity contribution in [3.8, 4) is 0 Å². The number of rotatable bonds is 5. The Hall–Kier alpha value is -0.900. The van der Waals surface area contributed by atoms with E-state index in [0.29, 0.717) is 6.61 Å². The molecule has 4 nitrogen and oxygen atoms in total. The van der Waals surface area contributed by atoms with Gasteiger partial charge in [0.25, 0.3) is 5.78 Å². The summed E-state index contributed by atoms with van der Waals surface area (Å²) in [5.41, 5.74) is 0. The average Bonchev–Trinajstić information content (AvgIpc) is 2.11. The number of hydrogen-bond acceptors (Lipinski definition) is 4. The number of ether oxygens (including phenoxy) is 2. The second-order valence-electron chi connectivity index (χ2n) is 2.37. The first-order chi connectivity index (χ1) is 5.63. The van der Waals surface area contributed by atoms with Crippen LogP contribution in [0.5, 0.6) is 0 Å². The first kappa shape index (κ1) is 11.1. The van der Waals surface area contributed by atoms with Gasteiger partial charge in [-0.1, -0.05) is 6.92 Å². The lowest BCUT2D eigenvalue weighted by atomic mass is 10.2. The van der Waals surface area contributed by atoms with Crippen molar-refractivity contribution in [2.24, 2.45) is 0 Å². The van der Waals surface area contributed by atoms with Crippen LogP contribution in [-0.2, 0) is 19.1 Å². The van der Waals surface area contributed by atoms with E-state index in [1.54, 1.807) is 0 Å². The van der Waals surface area contributed by atoms with Gasteiger partial charge >= 0.3 is 5.97 Å². The van der Waals surface area contributed by atoms with E-state index < -0.39 is 17.9 Å². The van der Waals surface area contributed by atoms with Gasteiger partial charge in [0.05, 0.1) is 7.11 Å². The van der Waals surface area contributed by atoms with Crippen LogP contribution in [0.15, 0.2) is 0 Å². The van der Waals surface area contributed by atoms with Crippen molar-refractivity contribution in [1.29, 1.82) is 0 Å². The van der Waals surface area contributed by atoms with Gasteiger partial charge in [-0.15, -0.1) is 0 Å². The molecule has 0 rings (SSSR count). The maximum atomic E-state index is 11.0. The highest BCUT2D eigenvalue weighted by Crippen LogP contribution is 1.95. The molecule has 0 heterocycles. The van der Waals surface area contributed by atoms with Gasteiger partial charge in [0.15, 0.2) is 0 Å². The van der Waals surface area contributed by atoms with E-state index in [9.17, 15) is 9.59 Å². The molecule has 0 spiro atoms. The third-order valence-electron chi connectivity index (χ3n) is 1.33. The molecular weight excluding hydrogens is 160 g/mol. The van der Waals surface area contributed by atoms with Crippen molar-refractivity contribution in [2.75, 3.05) is 13.7 Å². The molecule has 0 aliphatic carbocycles. The summed E-state index contributed by atoms with van der Waals surface area (Å²) in [6.07, 6.45) is 0.121. The number of methoxy groups -OCH3 is 1. The highest BCUT2D eigenvalue weighted by Gasteiger charge is 2.21. The predicted molar refractivity (Wildman–Crippen MR) is 42.7 cm³/mol. The third-order valence-corrected chi connectivity index (χ3v) is 1.33. The SMILES string of the molecule is CCCOC(C)C(=O)C(=O)OC. The summed E-state index contributed by atoms with van der Waals surface area (Å²) in [5.74, 6) is -1.48. The van der Waals surface area contributed by atoms with Gasteiger partial charge in [0.1, 0.15) is 6.10 Å². The zero-order valence-electron chi connectivity index (χ0n) is 7.62. The topological polar surface area (TPSA) is 52.6 Å². The fraction of sp³-hybridized carbons (Fsp3) is 0.750. The van der Waals surface area contributed by atoms with Crippen LogP contribution in [-0.4, -0.2) is 31.6 Å². The Morgan fingerprint density at radius 2 is 2.00 bits per heavy atom. The van der Waals surface area contributed by atoms with Gasteiger partial charge in [-0.3, -0.25) is 4.79 Å². The van der Waals surface area contributed by atoms with Crippen LogP contribution in [0.3, 0.4) is 0 Å². The normalized spacial score (nSPS) is 12.2. The van der Waals surface area contributed by atoms with E-state index in [2.05, 4.69) is 4.74 Å². The van der Waals surface area contributed by atoms with Crippen molar-refractivity contribution < 1.29 is 19.1 Å². The molecule has 0 aromatic carbocycles. The number of ketones is 1. The summed E-state index contributed by atoms with van der Waals surface area (Å²) in [6.45, 7) is 3.94. The van der Waals surface area contributed by atoms with Gasteiger partial charge in [0.2, 0.25) is 0 Å². The molecule has 0 radical (unpaired) electrons. The molecule has 0 aromatic rings. The molecule has 0 saturated heterocycles. The number of carbonyl (C=O) groups is 2. The van der Waals surface area contributed by atoms with Gasteiger partial charge in [-0.05, 0) is 13.3 Å². The Labute approximate surface area is 71.8 Å². The largest absolute Gasteiger partial charge is 0.463 e. The maximum Gasteiger partial charge on any atom is 0.377 e. The summed E-state index contributed by atoms with van der Waals surface area (Å²) in [5, 5.41) is 0. The molecule has 0 aliphatic heterocycles. The first-order valence-electron chi connectivity index (χ1n) is 3.87. The monoisotopic (exact) mass is 174 g/mol. The fourth-order valence-corrected chi connectivity index (χ4v) is 0.637. The fourth-order valence-electron chi connectivity index (χ4n) is 0.637. The highest BCUT2D eigenvalue weighted by atomic mass is 16.5.